The Bertz CT molecular complexity index is 630. The van der Waals surface area contributed by atoms with Crippen molar-refractivity contribution in [3.63, 3.8) is 0 Å². The van der Waals surface area contributed by atoms with Crippen LogP contribution in [0, 0.1) is 5.82 Å². The van der Waals surface area contributed by atoms with Crippen molar-refractivity contribution in [2.45, 2.75) is 26.3 Å². The molecule has 0 fully saturated rings. The van der Waals surface area contributed by atoms with Crippen molar-refractivity contribution in [1.82, 2.24) is 5.32 Å². The molecule has 1 unspecified atom stereocenters. The molecule has 0 aliphatic heterocycles. The summed E-state index contributed by atoms with van der Waals surface area (Å²) in [6.45, 7) is 5.15. The summed E-state index contributed by atoms with van der Waals surface area (Å²) in [4.78, 5) is 0. The highest BCUT2D eigenvalue weighted by Gasteiger charge is 2.13. The lowest BCUT2D eigenvalue weighted by Gasteiger charge is -2.16. The number of halogens is 3. The van der Waals surface area contributed by atoms with Crippen LogP contribution in [-0.4, -0.2) is 6.54 Å². The Labute approximate surface area is 138 Å². The first-order chi connectivity index (χ1) is 10.0. The summed E-state index contributed by atoms with van der Waals surface area (Å²) in [5.74, 6) is -0.265. The lowest BCUT2D eigenvalue weighted by atomic mass is 10.0. The number of hydrogen-bond acceptors (Lipinski definition) is 1. The molecule has 2 aromatic rings. The summed E-state index contributed by atoms with van der Waals surface area (Å²) >= 11 is 9.58. The lowest BCUT2D eigenvalue weighted by molar-refractivity contribution is 0.571. The Morgan fingerprint density at radius 3 is 2.71 bits per heavy atom. The van der Waals surface area contributed by atoms with Gasteiger partial charge >= 0.3 is 0 Å². The van der Waals surface area contributed by atoms with Gasteiger partial charge in [0, 0.05) is 16.6 Å². The van der Waals surface area contributed by atoms with E-state index >= 15 is 0 Å². The van der Waals surface area contributed by atoms with Gasteiger partial charge in [-0.2, -0.15) is 0 Å². The maximum absolute atomic E-state index is 14.1. The van der Waals surface area contributed by atoms with Crippen molar-refractivity contribution in [1.29, 1.82) is 0 Å². The third-order valence-electron chi connectivity index (χ3n) is 3.43. The maximum atomic E-state index is 14.1. The molecule has 0 bridgehead atoms. The van der Waals surface area contributed by atoms with Crippen molar-refractivity contribution in [3.05, 3.63) is 57.3 Å². The molecule has 0 saturated heterocycles. The minimum Gasteiger partial charge on any atom is -0.310 e. The van der Waals surface area contributed by atoms with E-state index in [1.807, 2.05) is 24.3 Å². The first-order valence-electron chi connectivity index (χ1n) is 7.01. The van der Waals surface area contributed by atoms with Gasteiger partial charge in [0.1, 0.15) is 5.82 Å². The van der Waals surface area contributed by atoms with E-state index in [2.05, 4.69) is 35.1 Å². The quantitative estimate of drug-likeness (QED) is 0.683. The van der Waals surface area contributed by atoms with Crippen molar-refractivity contribution < 1.29 is 4.39 Å². The Hall–Kier alpha value is -0.900. The van der Waals surface area contributed by atoms with Gasteiger partial charge in [0.15, 0.2) is 0 Å². The highest BCUT2D eigenvalue weighted by Crippen LogP contribution is 2.32. The predicted octanol–water partition coefficient (Wildman–Crippen LogP) is 5.97. The molecule has 0 aliphatic rings. The first kappa shape index (κ1) is 16.5. The van der Waals surface area contributed by atoms with E-state index < -0.39 is 0 Å². The molecule has 0 aliphatic carbocycles. The van der Waals surface area contributed by atoms with Gasteiger partial charge in [-0.3, -0.25) is 0 Å². The van der Waals surface area contributed by atoms with E-state index in [0.717, 1.165) is 24.1 Å². The zero-order valence-electron chi connectivity index (χ0n) is 12.1. The third kappa shape index (κ3) is 3.85. The minimum atomic E-state index is -0.265. The largest absolute Gasteiger partial charge is 0.310 e. The average molecular weight is 371 g/mol. The number of hydrogen-bond donors (Lipinski definition) is 1. The van der Waals surface area contributed by atoms with Crippen LogP contribution in [0.4, 0.5) is 4.39 Å². The van der Waals surface area contributed by atoms with Gasteiger partial charge in [0.2, 0.25) is 0 Å². The van der Waals surface area contributed by atoms with Gasteiger partial charge < -0.3 is 5.32 Å². The van der Waals surface area contributed by atoms with Crippen LogP contribution in [0.25, 0.3) is 11.1 Å². The molecule has 0 saturated carbocycles. The van der Waals surface area contributed by atoms with Crippen LogP contribution in [-0.2, 0) is 0 Å². The fourth-order valence-corrected chi connectivity index (χ4v) is 2.95. The molecule has 0 heterocycles. The van der Waals surface area contributed by atoms with E-state index in [9.17, 15) is 4.39 Å². The van der Waals surface area contributed by atoms with E-state index in [0.29, 0.717) is 15.1 Å². The van der Waals surface area contributed by atoms with E-state index in [-0.39, 0.29) is 11.9 Å². The van der Waals surface area contributed by atoms with Crippen molar-refractivity contribution in [2.24, 2.45) is 0 Å². The van der Waals surface area contributed by atoms with Gasteiger partial charge in [0.25, 0.3) is 0 Å². The Kier molecular flexibility index (Phi) is 5.80. The van der Waals surface area contributed by atoms with Gasteiger partial charge in [-0.05, 0) is 59.1 Å². The second-order valence-electron chi connectivity index (χ2n) is 5.01. The Morgan fingerprint density at radius 2 is 2.05 bits per heavy atom. The van der Waals surface area contributed by atoms with Gasteiger partial charge in [-0.25, -0.2) is 4.39 Å². The second kappa shape index (κ2) is 7.39. The van der Waals surface area contributed by atoms with Crippen LogP contribution >= 0.6 is 27.5 Å². The summed E-state index contributed by atoms with van der Waals surface area (Å²) in [6.07, 6.45) is 1.07. The average Bonchev–Trinajstić information content (AvgIpc) is 2.47. The Balaban J connectivity index is 2.33. The zero-order valence-corrected chi connectivity index (χ0v) is 14.4. The fourth-order valence-electron chi connectivity index (χ4n) is 2.24. The van der Waals surface area contributed by atoms with Gasteiger partial charge in [0.05, 0.1) is 4.47 Å². The molecule has 112 valence electrons. The molecule has 1 N–H and O–H groups in total. The van der Waals surface area contributed by atoms with Crippen molar-refractivity contribution in [3.8, 4) is 11.1 Å². The molecule has 0 spiro atoms. The van der Waals surface area contributed by atoms with Gasteiger partial charge in [-0.15, -0.1) is 0 Å². The molecular weight excluding hydrogens is 353 g/mol. The maximum Gasteiger partial charge on any atom is 0.145 e. The van der Waals surface area contributed by atoms with Crippen LogP contribution in [0.1, 0.15) is 31.9 Å². The molecule has 0 radical (unpaired) electrons. The molecule has 1 nitrogen and oxygen atoms in total. The summed E-state index contributed by atoms with van der Waals surface area (Å²) in [5.41, 5.74) is 2.36. The van der Waals surface area contributed by atoms with Crippen LogP contribution in [0.5, 0.6) is 0 Å². The summed E-state index contributed by atoms with van der Waals surface area (Å²) in [7, 11) is 0. The highest BCUT2D eigenvalue weighted by molar-refractivity contribution is 9.10. The van der Waals surface area contributed by atoms with E-state index in [1.165, 1.54) is 0 Å². The zero-order chi connectivity index (χ0) is 15.4. The standard InChI is InChI=1S/C17H18BrClFN/c1-3-9-21-11(2)13-8-7-12(10-16(13)19)14-5-4-6-15(18)17(14)20/h4-8,10-11,21H,3,9H2,1-2H3. The van der Waals surface area contributed by atoms with Crippen molar-refractivity contribution >= 4 is 27.5 Å². The van der Waals surface area contributed by atoms with Crippen molar-refractivity contribution in [2.75, 3.05) is 6.54 Å². The minimum absolute atomic E-state index is 0.179. The molecule has 1 atom stereocenters. The fraction of sp³-hybridized carbons (Fsp3) is 0.294. The monoisotopic (exact) mass is 369 g/mol. The summed E-state index contributed by atoms with van der Waals surface area (Å²) in [5, 5.41) is 4.06. The topological polar surface area (TPSA) is 12.0 Å². The first-order valence-corrected chi connectivity index (χ1v) is 8.19. The molecule has 2 aromatic carbocycles. The lowest BCUT2D eigenvalue weighted by Crippen LogP contribution is -2.19. The van der Waals surface area contributed by atoms with Crippen LogP contribution < -0.4 is 5.32 Å². The summed E-state index contributed by atoms with van der Waals surface area (Å²) in [6, 6.07) is 11.1. The Morgan fingerprint density at radius 1 is 1.29 bits per heavy atom. The number of benzene rings is 2. The van der Waals surface area contributed by atoms with E-state index in [4.69, 9.17) is 11.6 Å². The molecule has 0 aromatic heterocycles. The van der Waals surface area contributed by atoms with Crippen LogP contribution in [0.3, 0.4) is 0 Å². The van der Waals surface area contributed by atoms with Crippen LogP contribution in [0.15, 0.2) is 40.9 Å². The number of nitrogens with one attached hydrogen (secondary N) is 1. The highest BCUT2D eigenvalue weighted by atomic mass is 79.9. The molecule has 0 amide bonds. The SMILES string of the molecule is CCCNC(C)c1ccc(-c2cccc(Br)c2F)cc1Cl. The van der Waals surface area contributed by atoms with Gasteiger partial charge in [-0.1, -0.05) is 42.8 Å². The molecule has 21 heavy (non-hydrogen) atoms. The smallest absolute Gasteiger partial charge is 0.145 e. The van der Waals surface area contributed by atoms with E-state index in [1.54, 1.807) is 12.1 Å². The van der Waals surface area contributed by atoms with Crippen LogP contribution in [0.2, 0.25) is 5.02 Å². The molecule has 2 rings (SSSR count). The normalized spacial score (nSPS) is 12.4. The molecule has 4 heteroatoms. The number of rotatable bonds is 5. The predicted molar refractivity (Wildman–Crippen MR) is 91.3 cm³/mol. The summed E-state index contributed by atoms with van der Waals surface area (Å²) < 4.78 is 14.6. The third-order valence-corrected chi connectivity index (χ3v) is 4.37. The second-order valence-corrected chi connectivity index (χ2v) is 6.28. The molecular formula is C17H18BrClFN.